The molecule has 0 aliphatic heterocycles. The van der Waals surface area contributed by atoms with Gasteiger partial charge in [-0.05, 0) is 30.3 Å². The van der Waals surface area contributed by atoms with Crippen molar-refractivity contribution in [3.63, 3.8) is 0 Å². The number of amides is 2. The summed E-state index contributed by atoms with van der Waals surface area (Å²) in [4.78, 5) is 35.1. The highest BCUT2D eigenvalue weighted by Crippen LogP contribution is 2.29. The van der Waals surface area contributed by atoms with E-state index >= 15 is 0 Å². The van der Waals surface area contributed by atoms with Gasteiger partial charge in [0.1, 0.15) is 5.75 Å². The van der Waals surface area contributed by atoms with E-state index in [-0.39, 0.29) is 23.1 Å². The Balaban J connectivity index is 2.08. The molecule has 8 heteroatoms. The normalized spacial score (nSPS) is 10.1. The fourth-order valence-electron chi connectivity index (χ4n) is 2.19. The molecule has 0 saturated heterocycles. The Morgan fingerprint density at radius 3 is 2.50 bits per heavy atom. The molecule has 3 N–H and O–H groups in total. The Labute approximate surface area is 154 Å². The molecule has 0 spiro atoms. The number of carboxylic acids is 1. The van der Waals surface area contributed by atoms with Gasteiger partial charge in [-0.3, -0.25) is 9.59 Å². The van der Waals surface area contributed by atoms with Gasteiger partial charge in [0.05, 0.1) is 24.1 Å². The highest BCUT2D eigenvalue weighted by Gasteiger charge is 2.13. The van der Waals surface area contributed by atoms with E-state index in [1.165, 1.54) is 20.1 Å². The van der Waals surface area contributed by atoms with Gasteiger partial charge in [-0.25, -0.2) is 4.79 Å². The van der Waals surface area contributed by atoms with Crippen molar-refractivity contribution in [2.24, 2.45) is 0 Å². The molecule has 26 heavy (non-hydrogen) atoms. The molecule has 0 bridgehead atoms. The van der Waals surface area contributed by atoms with Crippen molar-refractivity contribution in [3.8, 4) is 5.75 Å². The molecular formula is C18H18N2O5S. The van der Waals surface area contributed by atoms with Gasteiger partial charge in [-0.1, -0.05) is 12.1 Å². The molecule has 0 radical (unpaired) electrons. The number of nitrogens with one attached hydrogen (secondary N) is 2. The minimum absolute atomic E-state index is 0.0256. The van der Waals surface area contributed by atoms with E-state index in [0.717, 1.165) is 11.8 Å². The monoisotopic (exact) mass is 374 g/mol. The number of benzene rings is 2. The molecule has 136 valence electrons. The number of rotatable bonds is 7. The van der Waals surface area contributed by atoms with Gasteiger partial charge in [0.25, 0.3) is 0 Å². The number of carboxylic acid groups (broad SMARTS) is 1. The third kappa shape index (κ3) is 5.25. The summed E-state index contributed by atoms with van der Waals surface area (Å²) in [6.45, 7) is 1.39. The molecule has 0 aliphatic rings. The van der Waals surface area contributed by atoms with Crippen molar-refractivity contribution in [3.05, 3.63) is 48.0 Å². The molecular weight excluding hydrogens is 356 g/mol. The lowest BCUT2D eigenvalue weighted by Crippen LogP contribution is -2.15. The Kier molecular flexibility index (Phi) is 6.62. The predicted octanol–water partition coefficient (Wildman–Crippen LogP) is 3.08. The minimum Gasteiger partial charge on any atom is -0.495 e. The van der Waals surface area contributed by atoms with Crippen LogP contribution >= 0.6 is 11.8 Å². The number of hydrogen-bond donors (Lipinski definition) is 3. The Bertz CT molecular complexity index is 838. The van der Waals surface area contributed by atoms with Crippen molar-refractivity contribution < 1.29 is 24.2 Å². The maximum Gasteiger partial charge on any atom is 0.336 e. The predicted molar refractivity (Wildman–Crippen MR) is 100 cm³/mol. The lowest BCUT2D eigenvalue weighted by molar-refractivity contribution is -0.114. The number of carbonyl (C=O) groups is 3. The van der Waals surface area contributed by atoms with Crippen molar-refractivity contribution in [2.45, 2.75) is 11.8 Å². The molecule has 2 amide bonds. The standard InChI is InChI=1S/C18H18N2O5S/c1-11(21)19-12-7-8-15(25-2)14(9-12)20-17(22)10-26-16-6-4-3-5-13(16)18(23)24/h3-9H,10H2,1-2H3,(H,19,21)(H,20,22)(H,23,24). The SMILES string of the molecule is COc1ccc(NC(C)=O)cc1NC(=O)CSc1ccccc1C(=O)O. The van der Waals surface area contributed by atoms with E-state index in [2.05, 4.69) is 10.6 Å². The van der Waals surface area contributed by atoms with Crippen LogP contribution in [0.3, 0.4) is 0 Å². The fraction of sp³-hybridized carbons (Fsp3) is 0.167. The number of hydrogen-bond acceptors (Lipinski definition) is 5. The Morgan fingerprint density at radius 2 is 1.85 bits per heavy atom. The summed E-state index contributed by atoms with van der Waals surface area (Å²) in [5, 5.41) is 14.5. The second-order valence-corrected chi connectivity index (χ2v) is 6.25. The first-order valence-electron chi connectivity index (χ1n) is 7.61. The summed E-state index contributed by atoms with van der Waals surface area (Å²) in [7, 11) is 1.47. The van der Waals surface area contributed by atoms with Gasteiger partial charge < -0.3 is 20.5 Å². The maximum absolute atomic E-state index is 12.2. The summed E-state index contributed by atoms with van der Waals surface area (Å²) >= 11 is 1.13. The first-order valence-corrected chi connectivity index (χ1v) is 8.60. The van der Waals surface area contributed by atoms with E-state index in [4.69, 9.17) is 4.74 Å². The maximum atomic E-state index is 12.2. The molecule has 0 fully saturated rings. The number of aromatic carboxylic acids is 1. The zero-order chi connectivity index (χ0) is 19.1. The quantitative estimate of drug-likeness (QED) is 0.643. The van der Waals surface area contributed by atoms with Crippen LogP contribution in [0.25, 0.3) is 0 Å². The van der Waals surface area contributed by atoms with Crippen LogP contribution in [0.15, 0.2) is 47.4 Å². The number of thioether (sulfide) groups is 1. The van der Waals surface area contributed by atoms with Crippen LogP contribution in [0.4, 0.5) is 11.4 Å². The molecule has 0 aliphatic carbocycles. The van der Waals surface area contributed by atoms with Crippen molar-refractivity contribution in [2.75, 3.05) is 23.5 Å². The second-order valence-electron chi connectivity index (χ2n) is 5.23. The number of anilines is 2. The van der Waals surface area contributed by atoms with Crippen molar-refractivity contribution in [1.82, 2.24) is 0 Å². The molecule has 0 unspecified atom stereocenters. The molecule has 2 aromatic carbocycles. The second kappa shape index (κ2) is 8.91. The van der Waals surface area contributed by atoms with Gasteiger partial charge in [-0.15, -0.1) is 11.8 Å². The molecule has 2 rings (SSSR count). The van der Waals surface area contributed by atoms with E-state index < -0.39 is 5.97 Å². The molecule has 0 saturated carbocycles. The van der Waals surface area contributed by atoms with E-state index in [9.17, 15) is 19.5 Å². The minimum atomic E-state index is -1.04. The van der Waals surface area contributed by atoms with Crippen molar-refractivity contribution >= 4 is 40.9 Å². The van der Waals surface area contributed by atoms with Crippen LogP contribution in [0, 0.1) is 0 Å². The Hall–Kier alpha value is -3.00. The third-order valence-corrected chi connectivity index (χ3v) is 4.34. The Morgan fingerprint density at radius 1 is 1.12 bits per heavy atom. The smallest absolute Gasteiger partial charge is 0.336 e. The lowest BCUT2D eigenvalue weighted by atomic mass is 10.2. The van der Waals surface area contributed by atoms with E-state index in [1.807, 2.05) is 0 Å². The van der Waals surface area contributed by atoms with Crippen LogP contribution in [-0.4, -0.2) is 35.8 Å². The molecule has 2 aromatic rings. The largest absolute Gasteiger partial charge is 0.495 e. The zero-order valence-electron chi connectivity index (χ0n) is 14.2. The van der Waals surface area contributed by atoms with E-state index in [0.29, 0.717) is 22.0 Å². The van der Waals surface area contributed by atoms with Crippen LogP contribution in [-0.2, 0) is 9.59 Å². The fourth-order valence-corrected chi connectivity index (χ4v) is 3.03. The number of methoxy groups -OCH3 is 1. The summed E-state index contributed by atoms with van der Waals surface area (Å²) in [5.41, 5.74) is 1.09. The first-order chi connectivity index (χ1) is 12.4. The third-order valence-electron chi connectivity index (χ3n) is 3.27. The summed E-state index contributed by atoms with van der Waals surface area (Å²) in [5.74, 6) is -1.12. The van der Waals surface area contributed by atoms with Gasteiger partial charge in [-0.2, -0.15) is 0 Å². The highest BCUT2D eigenvalue weighted by molar-refractivity contribution is 8.00. The van der Waals surface area contributed by atoms with Crippen LogP contribution < -0.4 is 15.4 Å². The summed E-state index contributed by atoms with van der Waals surface area (Å²) < 4.78 is 5.21. The first kappa shape index (κ1) is 19.3. The molecule has 0 aromatic heterocycles. The summed E-state index contributed by atoms with van der Waals surface area (Å²) in [6.07, 6.45) is 0. The number of ether oxygens (including phenoxy) is 1. The average Bonchev–Trinajstić information content (AvgIpc) is 2.60. The van der Waals surface area contributed by atoms with E-state index in [1.54, 1.807) is 36.4 Å². The molecule has 0 atom stereocenters. The van der Waals surface area contributed by atoms with Gasteiger partial charge in [0.2, 0.25) is 11.8 Å². The average molecular weight is 374 g/mol. The van der Waals surface area contributed by atoms with Gasteiger partial charge >= 0.3 is 5.97 Å². The summed E-state index contributed by atoms with van der Waals surface area (Å²) in [6, 6.07) is 11.4. The molecule has 7 nitrogen and oxygen atoms in total. The van der Waals surface area contributed by atoms with Gasteiger partial charge in [0.15, 0.2) is 0 Å². The van der Waals surface area contributed by atoms with Crippen LogP contribution in [0.1, 0.15) is 17.3 Å². The topological polar surface area (TPSA) is 105 Å². The van der Waals surface area contributed by atoms with Crippen LogP contribution in [0.5, 0.6) is 5.75 Å². The molecule has 0 heterocycles. The van der Waals surface area contributed by atoms with Crippen LogP contribution in [0.2, 0.25) is 0 Å². The number of carbonyl (C=O) groups excluding carboxylic acids is 2. The zero-order valence-corrected chi connectivity index (χ0v) is 15.1. The highest BCUT2D eigenvalue weighted by atomic mass is 32.2. The lowest BCUT2D eigenvalue weighted by Gasteiger charge is -2.12. The van der Waals surface area contributed by atoms with Crippen molar-refractivity contribution in [1.29, 1.82) is 0 Å². The van der Waals surface area contributed by atoms with Gasteiger partial charge in [0, 0.05) is 17.5 Å².